The number of halogens is 2. The van der Waals surface area contributed by atoms with Gasteiger partial charge in [-0.25, -0.2) is 0 Å². The van der Waals surface area contributed by atoms with Crippen LogP contribution >= 0.6 is 23.2 Å². The maximum absolute atomic E-state index is 13.2. The molecule has 0 radical (unpaired) electrons. The summed E-state index contributed by atoms with van der Waals surface area (Å²) in [6.45, 7) is 3.66. The van der Waals surface area contributed by atoms with Crippen molar-refractivity contribution in [2.24, 2.45) is 10.2 Å². The number of nitrogens with zero attached hydrogens (tertiary/aromatic N) is 2. The van der Waals surface area contributed by atoms with Gasteiger partial charge < -0.3 is 15.2 Å². The molecule has 0 bridgehead atoms. The molecule has 0 saturated heterocycles. The van der Waals surface area contributed by atoms with Crippen molar-refractivity contribution in [1.82, 2.24) is 0 Å². The Balaban J connectivity index is 1.78. The fourth-order valence-electron chi connectivity index (χ4n) is 3.75. The molecular weight excluding hydrogens is 553 g/mol. The molecule has 0 aliphatic rings. The number of aromatic hydroxyl groups is 1. The second-order valence-corrected chi connectivity index (χ2v) is 10.4. The van der Waals surface area contributed by atoms with Crippen LogP contribution in [0.3, 0.4) is 0 Å². The van der Waals surface area contributed by atoms with Gasteiger partial charge in [0, 0.05) is 27.2 Å². The molecular formula is C26H21Cl2N3O6S. The van der Waals surface area contributed by atoms with E-state index in [9.17, 15) is 22.9 Å². The zero-order chi connectivity index (χ0) is 27.6. The van der Waals surface area contributed by atoms with Crippen molar-refractivity contribution in [2.75, 3.05) is 11.9 Å². The number of azo groups is 1. The van der Waals surface area contributed by atoms with E-state index < -0.39 is 26.7 Å². The second-order valence-electron chi connectivity index (χ2n) is 8.13. The molecule has 0 fully saturated rings. The van der Waals surface area contributed by atoms with E-state index in [0.717, 1.165) is 6.07 Å². The van der Waals surface area contributed by atoms with Crippen LogP contribution in [-0.4, -0.2) is 30.6 Å². The van der Waals surface area contributed by atoms with Gasteiger partial charge in [-0.15, -0.1) is 5.11 Å². The lowest BCUT2D eigenvalue weighted by atomic mass is 10.0. The van der Waals surface area contributed by atoms with Gasteiger partial charge in [-0.1, -0.05) is 47.5 Å². The molecule has 0 spiro atoms. The summed E-state index contributed by atoms with van der Waals surface area (Å²) in [5, 5.41) is 23.4. The Hall–Kier alpha value is -3.70. The van der Waals surface area contributed by atoms with Gasteiger partial charge in [-0.2, -0.15) is 13.5 Å². The summed E-state index contributed by atoms with van der Waals surface area (Å²) < 4.78 is 38.4. The maximum atomic E-state index is 13.2. The molecule has 3 N–H and O–H groups in total. The molecule has 38 heavy (non-hydrogen) atoms. The van der Waals surface area contributed by atoms with Crippen molar-refractivity contribution in [3.63, 3.8) is 0 Å². The number of rotatable bonds is 7. The van der Waals surface area contributed by atoms with Gasteiger partial charge in [0.25, 0.3) is 16.0 Å². The maximum Gasteiger partial charge on any atom is 0.294 e. The molecule has 0 atom stereocenters. The van der Waals surface area contributed by atoms with Crippen LogP contribution in [-0.2, 0) is 10.1 Å². The van der Waals surface area contributed by atoms with Crippen LogP contribution in [0.2, 0.25) is 10.0 Å². The first-order valence-corrected chi connectivity index (χ1v) is 13.4. The molecule has 4 rings (SSSR count). The van der Waals surface area contributed by atoms with Crippen LogP contribution in [0.1, 0.15) is 22.8 Å². The molecule has 0 saturated carbocycles. The summed E-state index contributed by atoms with van der Waals surface area (Å²) in [5.41, 5.74) is 0.395. The van der Waals surface area contributed by atoms with Gasteiger partial charge in [-0.3, -0.25) is 9.35 Å². The van der Waals surface area contributed by atoms with Crippen LogP contribution in [0.15, 0.2) is 75.8 Å². The van der Waals surface area contributed by atoms with Crippen LogP contribution in [0.4, 0.5) is 17.1 Å². The normalized spacial score (nSPS) is 11.7. The predicted molar refractivity (Wildman–Crippen MR) is 146 cm³/mol. The molecule has 12 heteroatoms. The Bertz CT molecular complexity index is 1710. The molecule has 4 aromatic carbocycles. The largest absolute Gasteiger partial charge is 0.505 e. The van der Waals surface area contributed by atoms with Crippen molar-refractivity contribution < 1.29 is 27.6 Å². The van der Waals surface area contributed by atoms with E-state index in [1.807, 2.05) is 6.92 Å². The molecule has 4 aromatic rings. The smallest absolute Gasteiger partial charge is 0.294 e. The third kappa shape index (κ3) is 5.89. The lowest BCUT2D eigenvalue weighted by molar-refractivity contribution is 0.102. The van der Waals surface area contributed by atoms with E-state index >= 15 is 0 Å². The van der Waals surface area contributed by atoms with E-state index in [0.29, 0.717) is 33.8 Å². The third-order valence-corrected chi connectivity index (χ3v) is 7.10. The number of fused-ring (bicyclic) bond motifs is 1. The highest BCUT2D eigenvalue weighted by molar-refractivity contribution is 7.85. The van der Waals surface area contributed by atoms with Crippen LogP contribution in [0, 0.1) is 6.92 Å². The summed E-state index contributed by atoms with van der Waals surface area (Å²) in [6, 6.07) is 15.6. The number of hydrogen-bond donors (Lipinski definition) is 3. The first kappa shape index (κ1) is 27.3. The van der Waals surface area contributed by atoms with Crippen molar-refractivity contribution in [1.29, 1.82) is 0 Å². The zero-order valence-corrected chi connectivity index (χ0v) is 22.4. The van der Waals surface area contributed by atoms with E-state index in [-0.39, 0.29) is 27.5 Å². The summed E-state index contributed by atoms with van der Waals surface area (Å²) in [4.78, 5) is 12.8. The summed E-state index contributed by atoms with van der Waals surface area (Å²) in [6.07, 6.45) is 0. The highest BCUT2D eigenvalue weighted by atomic mass is 35.5. The highest BCUT2D eigenvalue weighted by Crippen LogP contribution is 2.40. The monoisotopic (exact) mass is 573 g/mol. The fourth-order valence-corrected chi connectivity index (χ4v) is 5.01. The number of carbonyl (C=O) groups excluding carboxylic acids is 1. The van der Waals surface area contributed by atoms with E-state index in [1.54, 1.807) is 36.4 Å². The van der Waals surface area contributed by atoms with E-state index in [4.69, 9.17) is 27.9 Å². The molecule has 1 amide bonds. The SMILES string of the molecule is CCOc1cc(Cl)cc(NC(=O)c2cc3ccccc3c(N=Nc3cc(Cl)c(C)c(S(=O)(=O)O)c3)c2O)c1. The number of carbonyl (C=O) groups is 1. The molecule has 0 unspecified atom stereocenters. The Labute approximate surface area is 228 Å². The van der Waals surface area contributed by atoms with E-state index in [2.05, 4.69) is 15.5 Å². The minimum Gasteiger partial charge on any atom is -0.505 e. The van der Waals surface area contributed by atoms with Gasteiger partial charge in [-0.05, 0) is 55.1 Å². The molecule has 0 aliphatic heterocycles. The number of hydrogen-bond acceptors (Lipinski definition) is 7. The number of anilines is 1. The molecule has 9 nitrogen and oxygen atoms in total. The number of benzene rings is 4. The van der Waals surface area contributed by atoms with E-state index in [1.165, 1.54) is 25.1 Å². The average Bonchev–Trinajstić information content (AvgIpc) is 2.84. The number of ether oxygens (including phenoxy) is 1. The first-order chi connectivity index (χ1) is 18.0. The molecule has 0 aliphatic carbocycles. The topological polar surface area (TPSA) is 138 Å². The number of phenolic OH excluding ortho intramolecular Hbond substituents is 1. The quantitative estimate of drug-likeness (QED) is 0.155. The second kappa shape index (κ2) is 11.0. The summed E-state index contributed by atoms with van der Waals surface area (Å²) in [7, 11) is -4.57. The first-order valence-electron chi connectivity index (χ1n) is 11.2. The number of amides is 1. The Morgan fingerprint density at radius 2 is 1.79 bits per heavy atom. The van der Waals surface area contributed by atoms with Gasteiger partial charge in [0.15, 0.2) is 5.75 Å². The lowest BCUT2D eigenvalue weighted by Crippen LogP contribution is -2.12. The number of phenols is 1. The Morgan fingerprint density at radius 3 is 2.50 bits per heavy atom. The van der Waals surface area contributed by atoms with Crippen molar-refractivity contribution in [3.05, 3.63) is 81.8 Å². The van der Waals surface area contributed by atoms with Crippen LogP contribution in [0.5, 0.6) is 11.5 Å². The standard InChI is InChI=1S/C26H21Cl2N3O6S/c1-3-37-19-10-16(27)9-17(11-19)29-26(33)21-8-15-6-4-5-7-20(15)24(25(21)32)31-30-18-12-22(28)14(2)23(13-18)38(34,35)36/h4-13,32H,3H2,1-2H3,(H,29,33)(H,34,35,36). The zero-order valence-electron chi connectivity index (χ0n) is 20.1. The van der Waals surface area contributed by atoms with Gasteiger partial charge in [0.1, 0.15) is 16.3 Å². The van der Waals surface area contributed by atoms with Crippen molar-refractivity contribution >= 4 is 67.1 Å². The Morgan fingerprint density at radius 1 is 1.05 bits per heavy atom. The summed E-state index contributed by atoms with van der Waals surface area (Å²) >= 11 is 12.3. The number of nitrogens with one attached hydrogen (secondary N) is 1. The minimum absolute atomic E-state index is 0.00828. The van der Waals surface area contributed by atoms with Crippen LogP contribution in [0.25, 0.3) is 10.8 Å². The molecule has 0 aromatic heterocycles. The lowest BCUT2D eigenvalue weighted by Gasteiger charge is -2.12. The minimum atomic E-state index is -4.57. The predicted octanol–water partition coefficient (Wildman–Crippen LogP) is 7.47. The Kier molecular flexibility index (Phi) is 7.89. The molecule has 0 heterocycles. The van der Waals surface area contributed by atoms with Gasteiger partial charge in [0.2, 0.25) is 0 Å². The van der Waals surface area contributed by atoms with Crippen molar-refractivity contribution in [3.8, 4) is 11.5 Å². The van der Waals surface area contributed by atoms with Crippen LogP contribution < -0.4 is 10.1 Å². The van der Waals surface area contributed by atoms with Crippen molar-refractivity contribution in [2.45, 2.75) is 18.7 Å². The average molecular weight is 574 g/mol. The fraction of sp³-hybridized carbons (Fsp3) is 0.115. The third-order valence-electron chi connectivity index (χ3n) is 5.50. The highest BCUT2D eigenvalue weighted by Gasteiger charge is 2.20. The van der Waals surface area contributed by atoms with Gasteiger partial charge in [0.05, 0.1) is 17.9 Å². The summed E-state index contributed by atoms with van der Waals surface area (Å²) in [5.74, 6) is -0.625. The molecule has 196 valence electrons. The van der Waals surface area contributed by atoms with Gasteiger partial charge >= 0.3 is 0 Å².